The Balaban J connectivity index is 1.83. The summed E-state index contributed by atoms with van der Waals surface area (Å²) in [7, 11) is 1.93. The van der Waals surface area contributed by atoms with Crippen LogP contribution in [0.15, 0.2) is 60.8 Å². The average Bonchev–Trinajstić information content (AvgIpc) is 2.80. The van der Waals surface area contributed by atoms with Crippen LogP contribution in [-0.4, -0.2) is 9.78 Å². The third-order valence-corrected chi connectivity index (χ3v) is 3.12. The van der Waals surface area contributed by atoms with Crippen LogP contribution < -0.4 is 4.74 Å². The first-order chi connectivity index (χ1) is 9.72. The van der Waals surface area contributed by atoms with Crippen molar-refractivity contribution in [3.8, 4) is 22.8 Å². The fourth-order valence-electron chi connectivity index (χ4n) is 2.20. The van der Waals surface area contributed by atoms with Crippen molar-refractivity contribution in [1.82, 2.24) is 9.78 Å². The first-order valence-corrected chi connectivity index (χ1v) is 6.56. The monoisotopic (exact) mass is 264 g/mol. The Morgan fingerprint density at radius 3 is 2.15 bits per heavy atom. The summed E-state index contributed by atoms with van der Waals surface area (Å²) >= 11 is 0. The van der Waals surface area contributed by atoms with E-state index in [1.807, 2.05) is 72.5 Å². The second kappa shape index (κ2) is 5.21. The number of ether oxygens (including phenoxy) is 1. The number of hydrogen-bond donors (Lipinski definition) is 0. The predicted molar refractivity (Wildman–Crippen MR) is 79.9 cm³/mol. The molecule has 3 aromatic rings. The van der Waals surface area contributed by atoms with E-state index in [0.717, 1.165) is 22.8 Å². The Bertz CT molecular complexity index is 700. The normalized spacial score (nSPS) is 10.5. The lowest BCUT2D eigenvalue weighted by Gasteiger charge is -2.06. The van der Waals surface area contributed by atoms with Crippen molar-refractivity contribution >= 4 is 0 Å². The van der Waals surface area contributed by atoms with Gasteiger partial charge in [0, 0.05) is 18.8 Å². The predicted octanol–water partition coefficient (Wildman–Crippen LogP) is 4.19. The molecule has 0 bridgehead atoms. The Morgan fingerprint density at radius 2 is 1.55 bits per heavy atom. The summed E-state index contributed by atoms with van der Waals surface area (Å²) in [6, 6.07) is 17.8. The van der Waals surface area contributed by atoms with Gasteiger partial charge in [0.15, 0.2) is 0 Å². The summed E-state index contributed by atoms with van der Waals surface area (Å²) in [5.74, 6) is 1.67. The minimum Gasteiger partial charge on any atom is -0.457 e. The quantitative estimate of drug-likeness (QED) is 0.709. The fraction of sp³-hybridized carbons (Fsp3) is 0.118. The van der Waals surface area contributed by atoms with Crippen LogP contribution >= 0.6 is 0 Å². The highest BCUT2D eigenvalue weighted by Gasteiger charge is 2.06. The zero-order valence-corrected chi connectivity index (χ0v) is 11.6. The number of aromatic nitrogens is 2. The number of rotatable bonds is 3. The van der Waals surface area contributed by atoms with E-state index >= 15 is 0 Å². The van der Waals surface area contributed by atoms with Crippen molar-refractivity contribution in [3.05, 3.63) is 66.4 Å². The molecule has 0 unspecified atom stereocenters. The smallest absolute Gasteiger partial charge is 0.127 e. The summed E-state index contributed by atoms with van der Waals surface area (Å²) in [5.41, 5.74) is 3.28. The van der Waals surface area contributed by atoms with Crippen molar-refractivity contribution in [1.29, 1.82) is 0 Å². The topological polar surface area (TPSA) is 27.1 Å². The lowest BCUT2D eigenvalue weighted by molar-refractivity contribution is 0.483. The van der Waals surface area contributed by atoms with Gasteiger partial charge in [0.05, 0.1) is 5.69 Å². The van der Waals surface area contributed by atoms with Gasteiger partial charge in [-0.2, -0.15) is 5.10 Å². The largest absolute Gasteiger partial charge is 0.457 e. The molecule has 0 atom stereocenters. The van der Waals surface area contributed by atoms with Gasteiger partial charge < -0.3 is 4.74 Å². The summed E-state index contributed by atoms with van der Waals surface area (Å²) < 4.78 is 7.61. The molecule has 1 heterocycles. The molecule has 100 valence electrons. The van der Waals surface area contributed by atoms with Gasteiger partial charge in [-0.05, 0) is 48.9 Å². The molecule has 20 heavy (non-hydrogen) atoms. The minimum absolute atomic E-state index is 0.827. The highest BCUT2D eigenvalue weighted by Crippen LogP contribution is 2.26. The van der Waals surface area contributed by atoms with Gasteiger partial charge in [-0.1, -0.05) is 18.2 Å². The number of nitrogens with zero attached hydrogens (tertiary/aromatic N) is 2. The van der Waals surface area contributed by atoms with Crippen LogP contribution in [0, 0.1) is 6.92 Å². The molecule has 2 aromatic carbocycles. The van der Waals surface area contributed by atoms with E-state index in [9.17, 15) is 0 Å². The maximum atomic E-state index is 5.78. The van der Waals surface area contributed by atoms with Gasteiger partial charge in [0.25, 0.3) is 0 Å². The van der Waals surface area contributed by atoms with Gasteiger partial charge in [-0.15, -0.1) is 0 Å². The highest BCUT2D eigenvalue weighted by molar-refractivity contribution is 5.63. The molecule has 0 fully saturated rings. The van der Waals surface area contributed by atoms with Crippen LogP contribution in [0.3, 0.4) is 0 Å². The van der Waals surface area contributed by atoms with Crippen molar-refractivity contribution in [3.63, 3.8) is 0 Å². The maximum Gasteiger partial charge on any atom is 0.127 e. The Kier molecular flexibility index (Phi) is 3.25. The van der Waals surface area contributed by atoms with Crippen LogP contribution in [0.5, 0.6) is 11.5 Å². The van der Waals surface area contributed by atoms with Gasteiger partial charge in [-0.3, -0.25) is 4.68 Å². The second-order valence-electron chi connectivity index (χ2n) is 4.77. The number of benzene rings is 2. The van der Waals surface area contributed by atoms with E-state index in [1.165, 1.54) is 5.56 Å². The minimum atomic E-state index is 0.827. The van der Waals surface area contributed by atoms with Crippen molar-refractivity contribution in [2.45, 2.75) is 6.92 Å². The first-order valence-electron chi connectivity index (χ1n) is 6.56. The maximum absolute atomic E-state index is 5.78. The SMILES string of the molecule is Cc1cn(C)nc1-c1ccc(Oc2ccccc2)cc1. The third kappa shape index (κ3) is 2.57. The molecule has 0 aliphatic rings. The van der Waals surface area contributed by atoms with Crippen molar-refractivity contribution in [2.75, 3.05) is 0 Å². The molecule has 1 aromatic heterocycles. The highest BCUT2D eigenvalue weighted by atomic mass is 16.5. The van der Waals surface area contributed by atoms with Gasteiger partial charge in [0.1, 0.15) is 11.5 Å². The Hall–Kier alpha value is -2.55. The lowest BCUT2D eigenvalue weighted by atomic mass is 10.1. The van der Waals surface area contributed by atoms with Crippen LogP contribution in [0.1, 0.15) is 5.56 Å². The van der Waals surface area contributed by atoms with E-state index in [4.69, 9.17) is 4.74 Å². The Labute approximate surface area is 118 Å². The van der Waals surface area contributed by atoms with E-state index in [0.29, 0.717) is 0 Å². The van der Waals surface area contributed by atoms with Crippen molar-refractivity contribution < 1.29 is 4.74 Å². The number of para-hydroxylation sites is 1. The molecule has 0 aliphatic heterocycles. The summed E-state index contributed by atoms with van der Waals surface area (Å²) in [6.45, 7) is 2.07. The zero-order valence-electron chi connectivity index (χ0n) is 11.6. The summed E-state index contributed by atoms with van der Waals surface area (Å²) in [5, 5.41) is 4.47. The molecule has 0 N–H and O–H groups in total. The van der Waals surface area contributed by atoms with Crippen LogP contribution in [-0.2, 0) is 7.05 Å². The van der Waals surface area contributed by atoms with Crippen LogP contribution in [0.4, 0.5) is 0 Å². The molecule has 0 aliphatic carbocycles. The first kappa shape index (κ1) is 12.5. The molecule has 0 saturated carbocycles. The van der Waals surface area contributed by atoms with E-state index < -0.39 is 0 Å². The van der Waals surface area contributed by atoms with Gasteiger partial charge >= 0.3 is 0 Å². The molecule has 3 nitrogen and oxygen atoms in total. The molecular formula is C17H16N2O. The zero-order chi connectivity index (χ0) is 13.9. The van der Waals surface area contributed by atoms with Crippen LogP contribution in [0.2, 0.25) is 0 Å². The molecule has 0 spiro atoms. The van der Waals surface area contributed by atoms with Gasteiger partial charge in [-0.25, -0.2) is 0 Å². The molecule has 0 radical (unpaired) electrons. The molecular weight excluding hydrogens is 248 g/mol. The average molecular weight is 264 g/mol. The molecule has 0 saturated heterocycles. The molecule has 3 rings (SSSR count). The summed E-state index contributed by atoms with van der Waals surface area (Å²) in [4.78, 5) is 0. The van der Waals surface area contributed by atoms with Gasteiger partial charge in [0.2, 0.25) is 0 Å². The fourth-order valence-corrected chi connectivity index (χ4v) is 2.20. The summed E-state index contributed by atoms with van der Waals surface area (Å²) in [6.07, 6.45) is 2.02. The molecule has 3 heteroatoms. The number of hydrogen-bond acceptors (Lipinski definition) is 2. The Morgan fingerprint density at radius 1 is 0.900 bits per heavy atom. The van der Waals surface area contributed by atoms with E-state index in [2.05, 4.69) is 12.0 Å². The second-order valence-corrected chi connectivity index (χ2v) is 4.77. The third-order valence-electron chi connectivity index (χ3n) is 3.12. The standard InChI is InChI=1S/C17H16N2O/c1-13-12-19(2)18-17(13)14-8-10-16(11-9-14)20-15-6-4-3-5-7-15/h3-12H,1-2H3. The number of aryl methyl sites for hydroxylation is 2. The lowest BCUT2D eigenvalue weighted by Crippen LogP contribution is -1.88. The van der Waals surface area contributed by atoms with Crippen LogP contribution in [0.25, 0.3) is 11.3 Å². The van der Waals surface area contributed by atoms with E-state index in [1.54, 1.807) is 0 Å². The van der Waals surface area contributed by atoms with E-state index in [-0.39, 0.29) is 0 Å². The molecule has 0 amide bonds. The van der Waals surface area contributed by atoms with Crippen molar-refractivity contribution in [2.24, 2.45) is 7.05 Å².